The van der Waals surface area contributed by atoms with Crippen LogP contribution in [0.2, 0.25) is 0 Å². The number of carbonyl (C=O) groups excluding carboxylic acids is 1. The summed E-state index contributed by atoms with van der Waals surface area (Å²) in [5.41, 5.74) is 0.804. The van der Waals surface area contributed by atoms with Crippen molar-refractivity contribution in [2.24, 2.45) is 5.92 Å². The highest BCUT2D eigenvalue weighted by atomic mass is 16.5. The van der Waals surface area contributed by atoms with Gasteiger partial charge in [0.2, 0.25) is 5.91 Å². The number of amides is 1. The molecule has 0 aromatic carbocycles. The number of carbonyl (C=O) groups is 1. The highest BCUT2D eigenvalue weighted by Crippen LogP contribution is 2.34. The Balaban J connectivity index is 2.21. The fourth-order valence-corrected chi connectivity index (χ4v) is 1.97. The summed E-state index contributed by atoms with van der Waals surface area (Å²) in [5, 5.41) is 12.8. The smallest absolute Gasteiger partial charge is 0.228 e. The Morgan fingerprint density at radius 1 is 1.73 bits per heavy atom. The molecule has 0 saturated carbocycles. The van der Waals surface area contributed by atoms with Crippen LogP contribution in [0.5, 0.6) is 0 Å². The van der Waals surface area contributed by atoms with Gasteiger partial charge in [0.05, 0.1) is 24.3 Å². The van der Waals surface area contributed by atoms with Gasteiger partial charge in [-0.05, 0) is 13.3 Å². The van der Waals surface area contributed by atoms with E-state index in [0.717, 1.165) is 5.69 Å². The molecule has 1 N–H and O–H groups in total. The summed E-state index contributed by atoms with van der Waals surface area (Å²) < 4.78 is 5.13. The number of rotatable bonds is 2. The van der Waals surface area contributed by atoms with Crippen molar-refractivity contribution in [3.63, 3.8) is 0 Å². The van der Waals surface area contributed by atoms with Gasteiger partial charge in [-0.1, -0.05) is 5.16 Å². The largest absolute Gasteiger partial charge is 0.396 e. The molecule has 2 heterocycles. The molecule has 1 fully saturated rings. The summed E-state index contributed by atoms with van der Waals surface area (Å²) in [5.74, 6) is 0.362. The van der Waals surface area contributed by atoms with Crippen molar-refractivity contribution in [3.05, 3.63) is 17.5 Å². The lowest BCUT2D eigenvalue weighted by Crippen LogP contribution is -2.25. The molecule has 82 valence electrons. The number of aliphatic hydroxyl groups is 1. The zero-order valence-corrected chi connectivity index (χ0v) is 8.80. The number of aromatic nitrogens is 1. The van der Waals surface area contributed by atoms with Crippen molar-refractivity contribution in [1.82, 2.24) is 10.1 Å². The lowest BCUT2D eigenvalue weighted by molar-refractivity contribution is -0.131. The topological polar surface area (TPSA) is 66.6 Å². The summed E-state index contributed by atoms with van der Waals surface area (Å²) in [6.45, 7) is 1.74. The standard InChI is InChI=1S/C10H14N2O3/c1-6-3-9(15-11-6)8-4-7(5-13)10(14)12(8)2/h3,7-8,13H,4-5H2,1-2H3/t7-,8-/m1/s1. The third-order valence-electron chi connectivity index (χ3n) is 2.87. The fraction of sp³-hybridized carbons (Fsp3) is 0.600. The third kappa shape index (κ3) is 1.63. The number of hydrogen-bond donors (Lipinski definition) is 1. The van der Waals surface area contributed by atoms with E-state index in [-0.39, 0.29) is 24.5 Å². The summed E-state index contributed by atoms with van der Waals surface area (Å²) in [6.07, 6.45) is 0.598. The molecule has 15 heavy (non-hydrogen) atoms. The van der Waals surface area contributed by atoms with Crippen LogP contribution in [-0.2, 0) is 4.79 Å². The van der Waals surface area contributed by atoms with E-state index < -0.39 is 0 Å². The number of aryl methyl sites for hydroxylation is 1. The maximum atomic E-state index is 11.6. The first-order valence-electron chi connectivity index (χ1n) is 4.94. The van der Waals surface area contributed by atoms with Crippen molar-refractivity contribution < 1.29 is 14.4 Å². The maximum absolute atomic E-state index is 11.6. The quantitative estimate of drug-likeness (QED) is 0.771. The number of nitrogens with zero attached hydrogens (tertiary/aromatic N) is 2. The fourth-order valence-electron chi connectivity index (χ4n) is 1.97. The Morgan fingerprint density at radius 3 is 2.93 bits per heavy atom. The minimum absolute atomic E-state index is 0.0310. The molecule has 0 spiro atoms. The average molecular weight is 210 g/mol. The molecule has 5 nitrogen and oxygen atoms in total. The summed E-state index contributed by atoms with van der Waals surface area (Å²) in [4.78, 5) is 13.2. The summed E-state index contributed by atoms with van der Waals surface area (Å²) in [6, 6.07) is 1.74. The van der Waals surface area contributed by atoms with Crippen molar-refractivity contribution in [3.8, 4) is 0 Å². The molecule has 1 aromatic rings. The molecule has 0 radical (unpaired) electrons. The monoisotopic (exact) mass is 210 g/mol. The minimum Gasteiger partial charge on any atom is -0.396 e. The predicted molar refractivity (Wildman–Crippen MR) is 51.9 cm³/mol. The van der Waals surface area contributed by atoms with Gasteiger partial charge in [0.25, 0.3) is 0 Å². The Labute approximate surface area is 87.7 Å². The molecular weight excluding hydrogens is 196 g/mol. The van der Waals surface area contributed by atoms with E-state index >= 15 is 0 Å². The molecule has 2 rings (SSSR count). The molecular formula is C10H14N2O3. The number of likely N-dealkylation sites (tertiary alicyclic amines) is 1. The average Bonchev–Trinajstić information content (AvgIpc) is 2.74. The van der Waals surface area contributed by atoms with Gasteiger partial charge in [0.1, 0.15) is 0 Å². The van der Waals surface area contributed by atoms with Gasteiger partial charge in [0, 0.05) is 13.1 Å². The molecule has 1 amide bonds. The van der Waals surface area contributed by atoms with Gasteiger partial charge in [-0.25, -0.2) is 0 Å². The zero-order valence-electron chi connectivity index (χ0n) is 8.80. The van der Waals surface area contributed by atoms with Gasteiger partial charge < -0.3 is 14.5 Å². The predicted octanol–water partition coefficient (Wildman–Crippen LogP) is 0.495. The van der Waals surface area contributed by atoms with Crippen LogP contribution in [0.3, 0.4) is 0 Å². The third-order valence-corrected chi connectivity index (χ3v) is 2.87. The van der Waals surface area contributed by atoms with Crippen molar-refractivity contribution in [1.29, 1.82) is 0 Å². The zero-order chi connectivity index (χ0) is 11.0. The van der Waals surface area contributed by atoms with Crippen LogP contribution in [0.25, 0.3) is 0 Å². The van der Waals surface area contributed by atoms with Gasteiger partial charge in [-0.15, -0.1) is 0 Å². The van der Waals surface area contributed by atoms with Crippen LogP contribution in [0.1, 0.15) is 23.9 Å². The highest BCUT2D eigenvalue weighted by molar-refractivity contribution is 5.81. The highest BCUT2D eigenvalue weighted by Gasteiger charge is 2.39. The van der Waals surface area contributed by atoms with Crippen LogP contribution in [-0.4, -0.2) is 34.7 Å². The molecule has 0 bridgehead atoms. The van der Waals surface area contributed by atoms with E-state index in [2.05, 4.69) is 5.16 Å². The second-order valence-corrected chi connectivity index (χ2v) is 3.95. The van der Waals surface area contributed by atoms with E-state index in [1.54, 1.807) is 11.9 Å². The van der Waals surface area contributed by atoms with Crippen molar-refractivity contribution >= 4 is 5.91 Å². The maximum Gasteiger partial charge on any atom is 0.228 e. The van der Waals surface area contributed by atoms with Crippen LogP contribution < -0.4 is 0 Å². The van der Waals surface area contributed by atoms with Crippen LogP contribution in [0, 0.1) is 12.8 Å². The molecule has 0 aliphatic carbocycles. The van der Waals surface area contributed by atoms with E-state index in [4.69, 9.17) is 9.63 Å². The molecule has 2 atom stereocenters. The van der Waals surface area contributed by atoms with E-state index in [0.29, 0.717) is 12.2 Å². The lowest BCUT2D eigenvalue weighted by atomic mass is 10.0. The second kappa shape index (κ2) is 3.66. The SMILES string of the molecule is Cc1cc([C@H]2C[C@H](CO)C(=O)N2C)on1. The van der Waals surface area contributed by atoms with E-state index in [1.807, 2.05) is 13.0 Å². The molecule has 5 heteroatoms. The molecule has 1 aliphatic heterocycles. The van der Waals surface area contributed by atoms with E-state index in [9.17, 15) is 4.79 Å². The number of hydrogen-bond acceptors (Lipinski definition) is 4. The van der Waals surface area contributed by atoms with Crippen molar-refractivity contribution in [2.45, 2.75) is 19.4 Å². The normalized spacial score (nSPS) is 26.3. The first-order chi connectivity index (χ1) is 7.13. The second-order valence-electron chi connectivity index (χ2n) is 3.95. The van der Waals surface area contributed by atoms with Crippen LogP contribution >= 0.6 is 0 Å². The van der Waals surface area contributed by atoms with E-state index in [1.165, 1.54) is 0 Å². The number of aliphatic hydroxyl groups excluding tert-OH is 1. The first-order valence-corrected chi connectivity index (χ1v) is 4.94. The summed E-state index contributed by atoms with van der Waals surface area (Å²) >= 11 is 0. The van der Waals surface area contributed by atoms with Crippen LogP contribution in [0.15, 0.2) is 10.6 Å². The van der Waals surface area contributed by atoms with Gasteiger partial charge in [0.15, 0.2) is 5.76 Å². The molecule has 1 aromatic heterocycles. The minimum atomic E-state index is -0.301. The Kier molecular flexibility index (Phi) is 2.48. The molecule has 1 saturated heterocycles. The van der Waals surface area contributed by atoms with Crippen molar-refractivity contribution in [2.75, 3.05) is 13.7 Å². The van der Waals surface area contributed by atoms with Crippen LogP contribution in [0.4, 0.5) is 0 Å². The van der Waals surface area contributed by atoms with Gasteiger partial charge >= 0.3 is 0 Å². The Hall–Kier alpha value is -1.36. The van der Waals surface area contributed by atoms with Gasteiger partial charge in [-0.3, -0.25) is 4.79 Å². The molecule has 1 aliphatic rings. The first kappa shape index (κ1) is 10.2. The Morgan fingerprint density at radius 2 is 2.47 bits per heavy atom. The summed E-state index contributed by atoms with van der Waals surface area (Å²) in [7, 11) is 1.72. The molecule has 0 unspecified atom stereocenters. The van der Waals surface area contributed by atoms with Gasteiger partial charge in [-0.2, -0.15) is 0 Å². The Bertz CT molecular complexity index is 374. The lowest BCUT2D eigenvalue weighted by Gasteiger charge is -2.16.